The van der Waals surface area contributed by atoms with Crippen LogP contribution in [0.5, 0.6) is 11.5 Å². The van der Waals surface area contributed by atoms with Crippen LogP contribution in [0.25, 0.3) is 0 Å². The third-order valence-corrected chi connectivity index (χ3v) is 3.86. The molecule has 1 unspecified atom stereocenters. The van der Waals surface area contributed by atoms with Crippen molar-refractivity contribution in [3.8, 4) is 11.5 Å². The summed E-state index contributed by atoms with van der Waals surface area (Å²) in [5.41, 5.74) is 1.13. The van der Waals surface area contributed by atoms with E-state index in [0.717, 1.165) is 36.7 Å². The topological polar surface area (TPSA) is 48.0 Å². The van der Waals surface area contributed by atoms with Crippen LogP contribution in [0.3, 0.4) is 0 Å². The van der Waals surface area contributed by atoms with Gasteiger partial charge in [0.25, 0.3) is 0 Å². The van der Waals surface area contributed by atoms with Crippen molar-refractivity contribution in [2.24, 2.45) is 5.92 Å². The van der Waals surface area contributed by atoms with Gasteiger partial charge in [-0.3, -0.25) is 4.79 Å². The largest absolute Gasteiger partial charge is 0.486 e. The summed E-state index contributed by atoms with van der Waals surface area (Å²) in [5, 5.41) is 0. The lowest BCUT2D eigenvalue weighted by atomic mass is 10.1. The number of esters is 1. The molecule has 2 heterocycles. The number of benzene rings is 1. The van der Waals surface area contributed by atoms with Gasteiger partial charge < -0.3 is 19.1 Å². The number of anilines is 1. The summed E-state index contributed by atoms with van der Waals surface area (Å²) in [7, 11) is 1.44. The number of hydrogen-bond acceptors (Lipinski definition) is 5. The third-order valence-electron chi connectivity index (χ3n) is 3.86. The molecule has 1 atom stereocenters. The summed E-state index contributed by atoms with van der Waals surface area (Å²) in [4.78, 5) is 13.6. The predicted molar refractivity (Wildman–Crippen MR) is 74.4 cm³/mol. The van der Waals surface area contributed by atoms with Crippen LogP contribution in [0, 0.1) is 5.92 Å². The van der Waals surface area contributed by atoms with Gasteiger partial charge in [0.1, 0.15) is 13.2 Å². The van der Waals surface area contributed by atoms with Crippen LogP contribution >= 0.6 is 0 Å². The minimum absolute atomic E-state index is 0.126. The van der Waals surface area contributed by atoms with Gasteiger partial charge in [0.05, 0.1) is 13.5 Å². The van der Waals surface area contributed by atoms with Crippen molar-refractivity contribution in [3.05, 3.63) is 18.2 Å². The first-order chi connectivity index (χ1) is 9.76. The Labute approximate surface area is 118 Å². The van der Waals surface area contributed by atoms with Crippen LogP contribution in [-0.2, 0) is 9.53 Å². The first-order valence-electron chi connectivity index (χ1n) is 6.97. The highest BCUT2D eigenvalue weighted by Gasteiger charge is 2.26. The second-order valence-corrected chi connectivity index (χ2v) is 5.21. The molecule has 3 rings (SSSR count). The summed E-state index contributed by atoms with van der Waals surface area (Å²) in [5.74, 6) is 1.87. The average Bonchev–Trinajstić information content (AvgIpc) is 2.95. The molecule has 1 saturated heterocycles. The quantitative estimate of drug-likeness (QED) is 0.789. The number of ether oxygens (including phenoxy) is 3. The number of carbonyl (C=O) groups excluding carboxylic acids is 1. The number of methoxy groups -OCH3 is 1. The Morgan fingerprint density at radius 3 is 2.95 bits per heavy atom. The highest BCUT2D eigenvalue weighted by Crippen LogP contribution is 2.35. The number of fused-ring (bicyclic) bond motifs is 1. The fourth-order valence-electron chi connectivity index (χ4n) is 2.78. The molecule has 0 bridgehead atoms. The normalized spacial score (nSPS) is 20.9. The molecule has 5 heteroatoms. The van der Waals surface area contributed by atoms with Gasteiger partial charge in [-0.2, -0.15) is 0 Å². The maximum absolute atomic E-state index is 11.3. The Bertz CT molecular complexity index is 503. The third kappa shape index (κ3) is 2.66. The molecule has 2 aliphatic rings. The molecule has 20 heavy (non-hydrogen) atoms. The van der Waals surface area contributed by atoms with Gasteiger partial charge in [-0.1, -0.05) is 0 Å². The molecule has 1 aromatic rings. The zero-order valence-corrected chi connectivity index (χ0v) is 11.6. The lowest BCUT2D eigenvalue weighted by molar-refractivity contribution is -0.141. The summed E-state index contributed by atoms with van der Waals surface area (Å²) in [6, 6.07) is 6.03. The average molecular weight is 277 g/mol. The van der Waals surface area contributed by atoms with E-state index >= 15 is 0 Å². The van der Waals surface area contributed by atoms with Gasteiger partial charge in [0, 0.05) is 24.8 Å². The van der Waals surface area contributed by atoms with Crippen molar-refractivity contribution in [2.75, 3.05) is 38.3 Å². The fourth-order valence-corrected chi connectivity index (χ4v) is 2.78. The molecular formula is C15H19NO4. The highest BCUT2D eigenvalue weighted by molar-refractivity contribution is 5.69. The zero-order chi connectivity index (χ0) is 13.9. The molecule has 0 saturated carbocycles. The fraction of sp³-hybridized carbons (Fsp3) is 0.533. The van der Waals surface area contributed by atoms with Crippen molar-refractivity contribution in [1.82, 2.24) is 0 Å². The molecular weight excluding hydrogens is 258 g/mol. The second kappa shape index (κ2) is 5.61. The van der Waals surface area contributed by atoms with Gasteiger partial charge in [-0.15, -0.1) is 0 Å². The lowest BCUT2D eigenvalue weighted by Crippen LogP contribution is -2.21. The highest BCUT2D eigenvalue weighted by atomic mass is 16.6. The molecule has 0 N–H and O–H groups in total. The van der Waals surface area contributed by atoms with E-state index in [4.69, 9.17) is 14.2 Å². The smallest absolute Gasteiger partial charge is 0.305 e. The minimum Gasteiger partial charge on any atom is -0.486 e. The molecule has 0 amide bonds. The van der Waals surface area contributed by atoms with E-state index in [9.17, 15) is 4.79 Å². The Morgan fingerprint density at radius 2 is 2.15 bits per heavy atom. The Morgan fingerprint density at radius 1 is 1.35 bits per heavy atom. The van der Waals surface area contributed by atoms with E-state index in [0.29, 0.717) is 25.6 Å². The standard InChI is InChI=1S/C15H19NO4/c1-18-15(17)8-11-4-5-16(10-11)12-2-3-13-14(9-12)20-7-6-19-13/h2-3,9,11H,4-8,10H2,1H3. The molecule has 108 valence electrons. The maximum atomic E-state index is 11.3. The Hall–Kier alpha value is -1.91. The molecule has 1 aromatic carbocycles. The lowest BCUT2D eigenvalue weighted by Gasteiger charge is -2.23. The zero-order valence-electron chi connectivity index (χ0n) is 11.6. The Kier molecular flexibility index (Phi) is 3.67. The van der Waals surface area contributed by atoms with E-state index in [1.807, 2.05) is 18.2 Å². The van der Waals surface area contributed by atoms with Gasteiger partial charge in [0.15, 0.2) is 11.5 Å². The first-order valence-corrected chi connectivity index (χ1v) is 6.97. The SMILES string of the molecule is COC(=O)CC1CCN(c2ccc3c(c2)OCCO3)C1. The van der Waals surface area contributed by atoms with Crippen LogP contribution < -0.4 is 14.4 Å². The Balaban J connectivity index is 1.67. The monoisotopic (exact) mass is 277 g/mol. The summed E-state index contributed by atoms with van der Waals surface area (Å²) >= 11 is 0. The first kappa shape index (κ1) is 13.1. The van der Waals surface area contributed by atoms with Crippen LogP contribution in [0.15, 0.2) is 18.2 Å². The number of rotatable bonds is 3. The van der Waals surface area contributed by atoms with E-state index in [-0.39, 0.29) is 5.97 Å². The van der Waals surface area contributed by atoms with Crippen molar-refractivity contribution in [3.63, 3.8) is 0 Å². The maximum Gasteiger partial charge on any atom is 0.305 e. The van der Waals surface area contributed by atoms with Gasteiger partial charge >= 0.3 is 5.97 Å². The number of nitrogens with zero attached hydrogens (tertiary/aromatic N) is 1. The minimum atomic E-state index is -0.126. The van der Waals surface area contributed by atoms with Gasteiger partial charge in [-0.25, -0.2) is 0 Å². The molecule has 0 radical (unpaired) electrons. The second-order valence-electron chi connectivity index (χ2n) is 5.21. The van der Waals surface area contributed by atoms with E-state index in [2.05, 4.69) is 4.90 Å². The van der Waals surface area contributed by atoms with Crippen LogP contribution in [0.4, 0.5) is 5.69 Å². The van der Waals surface area contributed by atoms with E-state index < -0.39 is 0 Å². The summed E-state index contributed by atoms with van der Waals surface area (Å²) < 4.78 is 15.9. The molecule has 0 aliphatic carbocycles. The van der Waals surface area contributed by atoms with Gasteiger partial charge in [-0.05, 0) is 24.5 Å². The molecule has 2 aliphatic heterocycles. The van der Waals surface area contributed by atoms with Crippen molar-refractivity contribution < 1.29 is 19.0 Å². The van der Waals surface area contributed by atoms with Crippen LogP contribution in [-0.4, -0.2) is 39.4 Å². The molecule has 0 spiro atoms. The van der Waals surface area contributed by atoms with E-state index in [1.54, 1.807) is 0 Å². The van der Waals surface area contributed by atoms with Crippen molar-refractivity contribution in [1.29, 1.82) is 0 Å². The number of hydrogen-bond donors (Lipinski definition) is 0. The van der Waals surface area contributed by atoms with Crippen molar-refractivity contribution in [2.45, 2.75) is 12.8 Å². The summed E-state index contributed by atoms with van der Waals surface area (Å²) in [6.45, 7) is 3.05. The molecule has 0 aromatic heterocycles. The molecule has 5 nitrogen and oxygen atoms in total. The van der Waals surface area contributed by atoms with Crippen molar-refractivity contribution >= 4 is 11.7 Å². The van der Waals surface area contributed by atoms with E-state index in [1.165, 1.54) is 7.11 Å². The predicted octanol–water partition coefficient (Wildman–Crippen LogP) is 1.85. The van der Waals surface area contributed by atoms with Gasteiger partial charge in [0.2, 0.25) is 0 Å². The van der Waals surface area contributed by atoms with Crippen LogP contribution in [0.2, 0.25) is 0 Å². The van der Waals surface area contributed by atoms with Crippen LogP contribution in [0.1, 0.15) is 12.8 Å². The summed E-state index contributed by atoms with van der Waals surface area (Å²) in [6.07, 6.45) is 1.51. The number of carbonyl (C=O) groups is 1. The molecule has 1 fully saturated rings.